The van der Waals surface area contributed by atoms with Crippen LogP contribution in [-0.2, 0) is 19.3 Å². The van der Waals surface area contributed by atoms with E-state index in [9.17, 15) is 17.6 Å². The summed E-state index contributed by atoms with van der Waals surface area (Å²) in [6.45, 7) is 2.11. The third kappa shape index (κ3) is 4.34. The van der Waals surface area contributed by atoms with Gasteiger partial charge in [-0.05, 0) is 77.8 Å². The minimum Gasteiger partial charge on any atom is -0.206 e. The Hall–Kier alpha value is -2.95. The SMILES string of the molecule is CCCCCc1ccc(C2=CCc3c(cc(F)c(-c4ccc(F)c(F)c4)c3F)C2)c(F)c1. The maximum atomic E-state index is 15.2. The lowest BCUT2D eigenvalue weighted by Gasteiger charge is -2.21. The summed E-state index contributed by atoms with van der Waals surface area (Å²) in [5, 5.41) is 0. The van der Waals surface area contributed by atoms with Crippen LogP contribution < -0.4 is 0 Å². The first kappa shape index (κ1) is 22.3. The molecule has 3 aromatic rings. The van der Waals surface area contributed by atoms with Gasteiger partial charge in [0.25, 0.3) is 0 Å². The third-order valence-corrected chi connectivity index (χ3v) is 6.00. The molecule has 1 aliphatic carbocycles. The van der Waals surface area contributed by atoms with E-state index in [-0.39, 0.29) is 35.3 Å². The first-order valence-corrected chi connectivity index (χ1v) is 10.8. The Morgan fingerprint density at radius 3 is 2.31 bits per heavy atom. The number of allylic oxidation sites excluding steroid dienone is 2. The highest BCUT2D eigenvalue weighted by molar-refractivity contribution is 5.74. The predicted molar refractivity (Wildman–Crippen MR) is 117 cm³/mol. The molecule has 0 heterocycles. The number of aryl methyl sites for hydroxylation is 1. The fraction of sp³-hybridized carbons (Fsp3) is 0.259. The first-order chi connectivity index (χ1) is 15.4. The van der Waals surface area contributed by atoms with Crippen molar-refractivity contribution in [3.8, 4) is 11.1 Å². The zero-order valence-corrected chi connectivity index (χ0v) is 17.8. The number of rotatable bonds is 6. The molecule has 0 bridgehead atoms. The second kappa shape index (κ2) is 9.27. The standard InChI is InChI=1S/C27H23F5/c1-2-3-4-5-16-6-9-20(23(29)12-16)17-7-10-21-19(13-17)15-25(31)26(27(21)32)18-8-11-22(28)24(30)14-18/h6-9,11-12,14-15H,2-5,10,13H2,1H3. The lowest BCUT2D eigenvalue weighted by Crippen LogP contribution is -2.09. The highest BCUT2D eigenvalue weighted by Crippen LogP contribution is 2.36. The summed E-state index contributed by atoms with van der Waals surface area (Å²) in [6, 6.07) is 9.15. The van der Waals surface area contributed by atoms with Crippen LogP contribution in [-0.4, -0.2) is 0 Å². The van der Waals surface area contributed by atoms with Gasteiger partial charge in [-0.25, -0.2) is 22.0 Å². The predicted octanol–water partition coefficient (Wildman–Crippen LogP) is 7.96. The van der Waals surface area contributed by atoms with Crippen molar-refractivity contribution in [2.24, 2.45) is 0 Å². The molecular weight excluding hydrogens is 419 g/mol. The van der Waals surface area contributed by atoms with E-state index in [1.54, 1.807) is 12.1 Å². The number of unbranched alkanes of at least 4 members (excludes halogenated alkanes) is 2. The van der Waals surface area contributed by atoms with Gasteiger partial charge < -0.3 is 0 Å². The highest BCUT2D eigenvalue weighted by Gasteiger charge is 2.24. The second-order valence-electron chi connectivity index (χ2n) is 8.20. The van der Waals surface area contributed by atoms with Gasteiger partial charge in [0.05, 0.1) is 5.56 Å². The number of fused-ring (bicyclic) bond motifs is 1. The maximum Gasteiger partial charge on any atom is 0.159 e. The van der Waals surface area contributed by atoms with Crippen LogP contribution in [0.5, 0.6) is 0 Å². The number of halogens is 5. The van der Waals surface area contributed by atoms with Crippen LogP contribution in [0.25, 0.3) is 16.7 Å². The normalized spacial score (nSPS) is 13.1. The van der Waals surface area contributed by atoms with E-state index in [1.165, 1.54) is 12.1 Å². The molecule has 4 rings (SSSR count). The molecule has 5 heteroatoms. The largest absolute Gasteiger partial charge is 0.206 e. The van der Waals surface area contributed by atoms with Gasteiger partial charge in [0.15, 0.2) is 11.6 Å². The van der Waals surface area contributed by atoms with Gasteiger partial charge in [-0.2, -0.15) is 0 Å². The summed E-state index contributed by atoms with van der Waals surface area (Å²) in [5.74, 6) is -4.25. The molecule has 0 amide bonds. The molecule has 0 saturated carbocycles. The fourth-order valence-corrected chi connectivity index (χ4v) is 4.27. The Morgan fingerprint density at radius 1 is 0.781 bits per heavy atom. The van der Waals surface area contributed by atoms with Gasteiger partial charge in [0.2, 0.25) is 0 Å². The van der Waals surface area contributed by atoms with Gasteiger partial charge in [0, 0.05) is 5.56 Å². The van der Waals surface area contributed by atoms with Crippen molar-refractivity contribution < 1.29 is 22.0 Å². The molecule has 0 fully saturated rings. The van der Waals surface area contributed by atoms with Gasteiger partial charge in [-0.3, -0.25) is 0 Å². The molecule has 32 heavy (non-hydrogen) atoms. The Balaban J connectivity index is 1.63. The van der Waals surface area contributed by atoms with E-state index >= 15 is 4.39 Å². The van der Waals surface area contributed by atoms with E-state index in [1.807, 2.05) is 6.07 Å². The van der Waals surface area contributed by atoms with E-state index in [0.717, 1.165) is 49.4 Å². The quantitative estimate of drug-likeness (QED) is 0.268. The summed E-state index contributed by atoms with van der Waals surface area (Å²) in [5.41, 5.74) is 2.30. The molecule has 0 radical (unpaired) electrons. The smallest absolute Gasteiger partial charge is 0.159 e. The van der Waals surface area contributed by atoms with Crippen molar-refractivity contribution >= 4 is 5.57 Å². The molecule has 0 aromatic heterocycles. The molecule has 0 spiro atoms. The number of hydrogen-bond acceptors (Lipinski definition) is 0. The van der Waals surface area contributed by atoms with Crippen molar-refractivity contribution in [1.29, 1.82) is 0 Å². The molecule has 0 aliphatic heterocycles. The molecular formula is C27H23F5. The number of hydrogen-bond donors (Lipinski definition) is 0. The summed E-state index contributed by atoms with van der Waals surface area (Å²) >= 11 is 0. The molecule has 1 aliphatic rings. The Kier molecular flexibility index (Phi) is 6.45. The van der Waals surface area contributed by atoms with E-state index in [0.29, 0.717) is 16.7 Å². The van der Waals surface area contributed by atoms with Gasteiger partial charge in [-0.15, -0.1) is 0 Å². The summed E-state index contributed by atoms with van der Waals surface area (Å²) in [7, 11) is 0. The maximum absolute atomic E-state index is 15.2. The monoisotopic (exact) mass is 442 g/mol. The van der Waals surface area contributed by atoms with Gasteiger partial charge >= 0.3 is 0 Å². The van der Waals surface area contributed by atoms with Crippen LogP contribution >= 0.6 is 0 Å². The topological polar surface area (TPSA) is 0 Å². The molecule has 0 atom stereocenters. The second-order valence-corrected chi connectivity index (χ2v) is 8.20. The lowest BCUT2D eigenvalue weighted by molar-refractivity contribution is 0.508. The zero-order valence-electron chi connectivity index (χ0n) is 17.8. The Bertz CT molecular complexity index is 1190. The van der Waals surface area contributed by atoms with Crippen molar-refractivity contribution in [1.82, 2.24) is 0 Å². The number of benzene rings is 3. The van der Waals surface area contributed by atoms with Crippen LogP contribution in [0.15, 0.2) is 48.5 Å². The minimum absolute atomic E-state index is 0.0683. The van der Waals surface area contributed by atoms with Crippen LogP contribution in [0.3, 0.4) is 0 Å². The molecule has 0 unspecified atom stereocenters. The van der Waals surface area contributed by atoms with Crippen molar-refractivity contribution in [3.63, 3.8) is 0 Å². The van der Waals surface area contributed by atoms with E-state index < -0.39 is 23.3 Å². The van der Waals surface area contributed by atoms with Crippen LogP contribution in [0, 0.1) is 29.1 Å². The summed E-state index contributed by atoms with van der Waals surface area (Å²) in [4.78, 5) is 0. The van der Waals surface area contributed by atoms with Gasteiger partial charge in [0.1, 0.15) is 17.5 Å². The minimum atomic E-state index is -1.17. The molecule has 0 nitrogen and oxygen atoms in total. The van der Waals surface area contributed by atoms with Gasteiger partial charge in [-0.1, -0.05) is 44.0 Å². The fourth-order valence-electron chi connectivity index (χ4n) is 4.27. The van der Waals surface area contributed by atoms with Crippen molar-refractivity contribution in [3.05, 3.63) is 99.9 Å². The summed E-state index contributed by atoms with van der Waals surface area (Å²) < 4.78 is 71.6. The highest BCUT2D eigenvalue weighted by atomic mass is 19.2. The Morgan fingerprint density at radius 2 is 1.59 bits per heavy atom. The van der Waals surface area contributed by atoms with Crippen LogP contribution in [0.1, 0.15) is 48.4 Å². The van der Waals surface area contributed by atoms with Crippen LogP contribution in [0.4, 0.5) is 22.0 Å². The summed E-state index contributed by atoms with van der Waals surface area (Å²) in [6.07, 6.45) is 6.10. The van der Waals surface area contributed by atoms with E-state index in [4.69, 9.17) is 0 Å². The van der Waals surface area contributed by atoms with Crippen LogP contribution in [0.2, 0.25) is 0 Å². The van der Waals surface area contributed by atoms with E-state index in [2.05, 4.69) is 6.92 Å². The average molecular weight is 442 g/mol. The molecule has 3 aromatic carbocycles. The Labute approximate surface area is 184 Å². The average Bonchev–Trinajstić information content (AvgIpc) is 2.76. The molecule has 166 valence electrons. The van der Waals surface area contributed by atoms with Crippen molar-refractivity contribution in [2.75, 3.05) is 0 Å². The third-order valence-electron chi connectivity index (χ3n) is 6.00. The van der Waals surface area contributed by atoms with Crippen molar-refractivity contribution in [2.45, 2.75) is 45.4 Å². The first-order valence-electron chi connectivity index (χ1n) is 10.8. The molecule has 0 N–H and O–H groups in total. The molecule has 0 saturated heterocycles. The zero-order chi connectivity index (χ0) is 22.8. The lowest BCUT2D eigenvalue weighted by atomic mass is 9.85.